The Balaban J connectivity index is 2.25. The van der Waals surface area contributed by atoms with Crippen molar-refractivity contribution < 1.29 is 14.3 Å². The second kappa shape index (κ2) is 6.86. The Labute approximate surface area is 97.9 Å². The fourth-order valence-corrected chi connectivity index (χ4v) is 2.09. The molecule has 4 heteroatoms. The molecule has 0 aromatic heterocycles. The lowest BCUT2D eigenvalue weighted by Crippen LogP contribution is -2.44. The highest BCUT2D eigenvalue weighted by Crippen LogP contribution is 2.19. The van der Waals surface area contributed by atoms with Crippen LogP contribution in [-0.4, -0.2) is 50.3 Å². The van der Waals surface area contributed by atoms with Crippen LogP contribution < -0.4 is 0 Å². The van der Waals surface area contributed by atoms with Gasteiger partial charge in [-0.3, -0.25) is 4.79 Å². The Morgan fingerprint density at radius 3 is 2.88 bits per heavy atom. The molecule has 0 bridgehead atoms. The number of carbonyl (C=O) groups excluding carboxylic acids is 1. The number of rotatable bonds is 5. The Morgan fingerprint density at radius 2 is 2.25 bits per heavy atom. The van der Waals surface area contributed by atoms with E-state index in [9.17, 15) is 4.79 Å². The standard InChI is InChI=1S/C12H23NO3/c1-4-16-12(14)6-8-13-7-5-10(2)11(9-13)15-3/h10-11H,4-9H2,1-3H3. The largest absolute Gasteiger partial charge is 0.466 e. The highest BCUT2D eigenvalue weighted by molar-refractivity contribution is 5.69. The number of nitrogens with zero attached hydrogens (tertiary/aromatic N) is 1. The molecule has 4 nitrogen and oxygen atoms in total. The topological polar surface area (TPSA) is 38.8 Å². The van der Waals surface area contributed by atoms with E-state index in [2.05, 4.69) is 11.8 Å². The van der Waals surface area contributed by atoms with Crippen molar-refractivity contribution in [3.8, 4) is 0 Å². The molecule has 1 rings (SSSR count). The number of carbonyl (C=O) groups is 1. The summed E-state index contributed by atoms with van der Waals surface area (Å²) in [5.74, 6) is 0.513. The van der Waals surface area contributed by atoms with Crippen LogP contribution in [0.3, 0.4) is 0 Å². The number of methoxy groups -OCH3 is 1. The lowest BCUT2D eigenvalue weighted by molar-refractivity contribution is -0.143. The maximum Gasteiger partial charge on any atom is 0.307 e. The Hall–Kier alpha value is -0.610. The van der Waals surface area contributed by atoms with E-state index in [-0.39, 0.29) is 5.97 Å². The van der Waals surface area contributed by atoms with Crippen LogP contribution in [0.5, 0.6) is 0 Å². The molecule has 16 heavy (non-hydrogen) atoms. The van der Waals surface area contributed by atoms with E-state index in [1.165, 1.54) is 0 Å². The summed E-state index contributed by atoms with van der Waals surface area (Å²) in [5, 5.41) is 0. The van der Waals surface area contributed by atoms with Crippen LogP contribution in [0, 0.1) is 5.92 Å². The van der Waals surface area contributed by atoms with Crippen LogP contribution in [0.25, 0.3) is 0 Å². The zero-order valence-corrected chi connectivity index (χ0v) is 10.6. The number of hydrogen-bond donors (Lipinski definition) is 0. The molecule has 0 aliphatic carbocycles. The molecule has 0 spiro atoms. The molecular weight excluding hydrogens is 206 g/mol. The lowest BCUT2D eigenvalue weighted by Gasteiger charge is -2.35. The Morgan fingerprint density at radius 1 is 1.50 bits per heavy atom. The average Bonchev–Trinajstić information content (AvgIpc) is 2.28. The van der Waals surface area contributed by atoms with Crippen molar-refractivity contribution in [1.82, 2.24) is 4.90 Å². The van der Waals surface area contributed by atoms with Gasteiger partial charge in [0.2, 0.25) is 0 Å². The molecule has 1 heterocycles. The maximum atomic E-state index is 11.2. The molecule has 0 aromatic carbocycles. The maximum absolute atomic E-state index is 11.2. The van der Waals surface area contributed by atoms with Gasteiger partial charge >= 0.3 is 5.97 Å². The van der Waals surface area contributed by atoms with Crippen LogP contribution >= 0.6 is 0 Å². The zero-order valence-electron chi connectivity index (χ0n) is 10.6. The predicted octanol–water partition coefficient (Wildman–Crippen LogP) is 1.30. The summed E-state index contributed by atoms with van der Waals surface area (Å²) in [5.41, 5.74) is 0. The summed E-state index contributed by atoms with van der Waals surface area (Å²) < 4.78 is 10.3. The molecule has 0 aromatic rings. The summed E-state index contributed by atoms with van der Waals surface area (Å²) in [6.45, 7) is 7.29. The van der Waals surface area contributed by atoms with Gasteiger partial charge in [-0.1, -0.05) is 6.92 Å². The van der Waals surface area contributed by atoms with Crippen LogP contribution in [0.15, 0.2) is 0 Å². The Kier molecular flexibility index (Phi) is 5.77. The minimum atomic E-state index is -0.102. The van der Waals surface area contributed by atoms with E-state index < -0.39 is 0 Å². The van der Waals surface area contributed by atoms with Gasteiger partial charge in [0.15, 0.2) is 0 Å². The second-order valence-electron chi connectivity index (χ2n) is 4.40. The van der Waals surface area contributed by atoms with E-state index in [0.29, 0.717) is 25.0 Å². The average molecular weight is 229 g/mol. The summed E-state index contributed by atoms with van der Waals surface area (Å²) in [7, 11) is 1.76. The van der Waals surface area contributed by atoms with Gasteiger partial charge in [0, 0.05) is 20.2 Å². The van der Waals surface area contributed by atoms with Crippen LogP contribution in [0.1, 0.15) is 26.7 Å². The molecule has 2 atom stereocenters. The first-order chi connectivity index (χ1) is 7.67. The third-order valence-electron chi connectivity index (χ3n) is 3.21. The minimum Gasteiger partial charge on any atom is -0.466 e. The van der Waals surface area contributed by atoms with Crippen molar-refractivity contribution in [2.75, 3.05) is 33.4 Å². The van der Waals surface area contributed by atoms with Crippen molar-refractivity contribution in [3.05, 3.63) is 0 Å². The summed E-state index contributed by atoms with van der Waals surface area (Å²) in [6, 6.07) is 0. The van der Waals surface area contributed by atoms with Crippen molar-refractivity contribution in [1.29, 1.82) is 0 Å². The normalized spacial score (nSPS) is 26.7. The van der Waals surface area contributed by atoms with Gasteiger partial charge in [-0.2, -0.15) is 0 Å². The predicted molar refractivity (Wildman–Crippen MR) is 62.3 cm³/mol. The first kappa shape index (κ1) is 13.5. The summed E-state index contributed by atoms with van der Waals surface area (Å²) >= 11 is 0. The van der Waals surface area contributed by atoms with Gasteiger partial charge in [0.25, 0.3) is 0 Å². The fourth-order valence-electron chi connectivity index (χ4n) is 2.09. The molecule has 1 saturated heterocycles. The summed E-state index contributed by atoms with van der Waals surface area (Å²) in [4.78, 5) is 13.5. The Bertz CT molecular complexity index is 220. The third kappa shape index (κ3) is 4.10. The number of piperidine rings is 1. The van der Waals surface area contributed by atoms with E-state index in [0.717, 1.165) is 26.1 Å². The van der Waals surface area contributed by atoms with Gasteiger partial charge in [0.05, 0.1) is 19.1 Å². The first-order valence-corrected chi connectivity index (χ1v) is 6.08. The highest BCUT2D eigenvalue weighted by Gasteiger charge is 2.25. The summed E-state index contributed by atoms with van der Waals surface area (Å²) in [6.07, 6.45) is 1.93. The van der Waals surface area contributed by atoms with E-state index in [4.69, 9.17) is 9.47 Å². The number of ether oxygens (including phenoxy) is 2. The molecule has 0 amide bonds. The number of esters is 1. The number of likely N-dealkylation sites (tertiary alicyclic amines) is 1. The van der Waals surface area contributed by atoms with Crippen LogP contribution in [-0.2, 0) is 14.3 Å². The van der Waals surface area contributed by atoms with Crippen molar-refractivity contribution in [3.63, 3.8) is 0 Å². The first-order valence-electron chi connectivity index (χ1n) is 6.08. The van der Waals surface area contributed by atoms with Gasteiger partial charge in [-0.15, -0.1) is 0 Å². The molecular formula is C12H23NO3. The van der Waals surface area contributed by atoms with E-state index in [1.807, 2.05) is 6.92 Å². The highest BCUT2D eigenvalue weighted by atomic mass is 16.5. The molecule has 0 N–H and O–H groups in total. The lowest BCUT2D eigenvalue weighted by atomic mass is 9.96. The molecule has 94 valence electrons. The number of hydrogen-bond acceptors (Lipinski definition) is 4. The van der Waals surface area contributed by atoms with E-state index in [1.54, 1.807) is 7.11 Å². The molecule has 2 unspecified atom stereocenters. The van der Waals surface area contributed by atoms with Gasteiger partial charge in [-0.05, 0) is 25.8 Å². The van der Waals surface area contributed by atoms with Crippen LogP contribution in [0.4, 0.5) is 0 Å². The quantitative estimate of drug-likeness (QED) is 0.666. The third-order valence-corrected chi connectivity index (χ3v) is 3.21. The van der Waals surface area contributed by atoms with Crippen molar-refractivity contribution in [2.45, 2.75) is 32.8 Å². The SMILES string of the molecule is CCOC(=O)CCN1CCC(C)C(OC)C1. The fraction of sp³-hybridized carbons (Fsp3) is 0.917. The molecule has 1 aliphatic heterocycles. The van der Waals surface area contributed by atoms with Crippen molar-refractivity contribution in [2.24, 2.45) is 5.92 Å². The van der Waals surface area contributed by atoms with Crippen LogP contribution in [0.2, 0.25) is 0 Å². The monoisotopic (exact) mass is 229 g/mol. The smallest absolute Gasteiger partial charge is 0.307 e. The second-order valence-corrected chi connectivity index (χ2v) is 4.40. The van der Waals surface area contributed by atoms with Gasteiger partial charge in [0.1, 0.15) is 0 Å². The zero-order chi connectivity index (χ0) is 12.0. The minimum absolute atomic E-state index is 0.102. The molecule has 0 radical (unpaired) electrons. The van der Waals surface area contributed by atoms with E-state index >= 15 is 0 Å². The van der Waals surface area contributed by atoms with Crippen molar-refractivity contribution >= 4 is 5.97 Å². The molecule has 0 saturated carbocycles. The molecule has 1 aliphatic rings. The van der Waals surface area contributed by atoms with Gasteiger partial charge < -0.3 is 14.4 Å². The van der Waals surface area contributed by atoms with Gasteiger partial charge in [-0.25, -0.2) is 0 Å². The molecule has 1 fully saturated rings.